The summed E-state index contributed by atoms with van der Waals surface area (Å²) in [6, 6.07) is -0.262. The molecule has 0 aromatic heterocycles. The van der Waals surface area contributed by atoms with Crippen LogP contribution in [0.2, 0.25) is 0 Å². The van der Waals surface area contributed by atoms with Gasteiger partial charge in [0.05, 0.1) is 6.04 Å². The van der Waals surface area contributed by atoms with Crippen molar-refractivity contribution in [3.05, 3.63) is 12.2 Å². The number of Topliss-reactive ketones (excluding diaryl/α,β-unsaturated/α-hetero) is 1. The molecule has 0 aliphatic heterocycles. The molecule has 1 aliphatic carbocycles. The van der Waals surface area contributed by atoms with Crippen LogP contribution in [0.15, 0.2) is 12.2 Å². The van der Waals surface area contributed by atoms with Crippen molar-refractivity contribution in [3.8, 4) is 0 Å². The van der Waals surface area contributed by atoms with Crippen LogP contribution in [0.1, 0.15) is 57.8 Å². The van der Waals surface area contributed by atoms with E-state index in [-0.39, 0.29) is 11.8 Å². The first-order valence-electron chi connectivity index (χ1n) is 6.24. The lowest BCUT2D eigenvalue weighted by Crippen LogP contribution is -2.29. The molecule has 1 rings (SSSR count). The van der Waals surface area contributed by atoms with Gasteiger partial charge in [-0.2, -0.15) is 0 Å². The van der Waals surface area contributed by atoms with Crippen LogP contribution in [-0.4, -0.2) is 11.8 Å². The van der Waals surface area contributed by atoms with E-state index in [9.17, 15) is 4.79 Å². The molecule has 2 heteroatoms. The summed E-state index contributed by atoms with van der Waals surface area (Å²) in [6.07, 6.45) is 14.2. The second kappa shape index (κ2) is 7.63. The highest BCUT2D eigenvalue weighted by Gasteiger charge is 2.10. The molecule has 1 atom stereocenters. The van der Waals surface area contributed by atoms with Crippen molar-refractivity contribution in [2.75, 3.05) is 0 Å². The Hall–Kier alpha value is -0.630. The van der Waals surface area contributed by atoms with E-state index in [4.69, 9.17) is 5.73 Å². The van der Waals surface area contributed by atoms with Gasteiger partial charge in [-0.1, -0.05) is 37.8 Å². The largest absolute Gasteiger partial charge is 0.321 e. The first kappa shape index (κ1) is 12.4. The maximum absolute atomic E-state index is 11.6. The van der Waals surface area contributed by atoms with Crippen LogP contribution in [-0.2, 0) is 4.79 Å². The van der Waals surface area contributed by atoms with Crippen molar-refractivity contribution in [1.29, 1.82) is 0 Å². The molecule has 2 N–H and O–H groups in total. The number of nitrogens with two attached hydrogens (primary N) is 1. The van der Waals surface area contributed by atoms with Gasteiger partial charge in [-0.25, -0.2) is 0 Å². The van der Waals surface area contributed by atoms with Crippen molar-refractivity contribution in [1.82, 2.24) is 0 Å². The standard InChI is InChI=1S/C13H23NO/c14-12-10-8-6-4-2-1-3-5-7-9-11-13(12)15/h6,8,12H,1-5,7,9-11,14H2/b8-6+. The van der Waals surface area contributed by atoms with E-state index in [1.54, 1.807) is 0 Å². The third-order valence-corrected chi connectivity index (χ3v) is 3.01. The molecule has 1 unspecified atom stereocenters. The number of carbonyl (C=O) groups excluding carboxylic acids is 1. The van der Waals surface area contributed by atoms with Gasteiger partial charge in [-0.15, -0.1) is 0 Å². The van der Waals surface area contributed by atoms with Crippen LogP contribution in [0.5, 0.6) is 0 Å². The van der Waals surface area contributed by atoms with Gasteiger partial charge in [0, 0.05) is 6.42 Å². The highest BCUT2D eigenvalue weighted by Crippen LogP contribution is 2.11. The second-order valence-corrected chi connectivity index (χ2v) is 4.44. The number of allylic oxidation sites excluding steroid dienone is 1. The molecule has 1 aliphatic rings. The fourth-order valence-electron chi connectivity index (χ4n) is 1.95. The number of hydrogen-bond donors (Lipinski definition) is 1. The number of rotatable bonds is 0. The van der Waals surface area contributed by atoms with E-state index < -0.39 is 0 Å². The molecule has 86 valence electrons. The summed E-state index contributed by atoms with van der Waals surface area (Å²) >= 11 is 0. The van der Waals surface area contributed by atoms with E-state index in [2.05, 4.69) is 12.2 Å². The summed E-state index contributed by atoms with van der Waals surface area (Å²) in [6.45, 7) is 0. The summed E-state index contributed by atoms with van der Waals surface area (Å²) in [5, 5.41) is 0. The molecule has 0 aromatic rings. The van der Waals surface area contributed by atoms with Crippen molar-refractivity contribution < 1.29 is 4.79 Å². The normalized spacial score (nSPS) is 28.6. The topological polar surface area (TPSA) is 43.1 Å². The quantitative estimate of drug-likeness (QED) is 0.623. The van der Waals surface area contributed by atoms with Crippen molar-refractivity contribution in [2.45, 2.75) is 63.8 Å². The smallest absolute Gasteiger partial charge is 0.149 e. The molecule has 0 fully saturated rings. The number of hydrogen-bond acceptors (Lipinski definition) is 2. The minimum absolute atomic E-state index is 0.235. The van der Waals surface area contributed by atoms with E-state index >= 15 is 0 Å². The minimum atomic E-state index is -0.262. The van der Waals surface area contributed by atoms with Crippen LogP contribution in [0.3, 0.4) is 0 Å². The molecular formula is C13H23NO. The highest BCUT2D eigenvalue weighted by molar-refractivity contribution is 5.83. The average molecular weight is 209 g/mol. The minimum Gasteiger partial charge on any atom is -0.321 e. The third kappa shape index (κ3) is 5.73. The third-order valence-electron chi connectivity index (χ3n) is 3.01. The van der Waals surface area contributed by atoms with Crippen molar-refractivity contribution in [3.63, 3.8) is 0 Å². The number of ketones is 1. The van der Waals surface area contributed by atoms with Gasteiger partial charge in [0.15, 0.2) is 0 Å². The van der Waals surface area contributed by atoms with E-state index in [0.29, 0.717) is 6.42 Å². The lowest BCUT2D eigenvalue weighted by Gasteiger charge is -2.07. The highest BCUT2D eigenvalue weighted by atomic mass is 16.1. The SMILES string of the molecule is NC1C/C=C/CCCCCCCCC1=O. The molecule has 0 bridgehead atoms. The molecular weight excluding hydrogens is 186 g/mol. The Morgan fingerprint density at radius 3 is 2.47 bits per heavy atom. The van der Waals surface area contributed by atoms with Crippen molar-refractivity contribution in [2.24, 2.45) is 5.73 Å². The average Bonchev–Trinajstić information content (AvgIpc) is 2.25. The predicted octanol–water partition coefficient (Wildman–Crippen LogP) is 2.96. The Morgan fingerprint density at radius 1 is 1.00 bits per heavy atom. The van der Waals surface area contributed by atoms with E-state index in [1.807, 2.05) is 0 Å². The maximum atomic E-state index is 11.6. The van der Waals surface area contributed by atoms with Gasteiger partial charge < -0.3 is 5.73 Å². The van der Waals surface area contributed by atoms with Gasteiger partial charge in [-0.3, -0.25) is 4.79 Å². The Balaban J connectivity index is 2.36. The summed E-state index contributed by atoms with van der Waals surface area (Å²) < 4.78 is 0. The molecule has 0 saturated heterocycles. The second-order valence-electron chi connectivity index (χ2n) is 4.44. The van der Waals surface area contributed by atoms with Gasteiger partial charge in [-0.05, 0) is 25.7 Å². The fraction of sp³-hybridized carbons (Fsp3) is 0.769. The first-order chi connectivity index (χ1) is 7.30. The Morgan fingerprint density at radius 2 is 1.67 bits per heavy atom. The lowest BCUT2D eigenvalue weighted by molar-refractivity contribution is -0.120. The zero-order valence-electron chi connectivity index (χ0n) is 9.58. The number of carbonyl (C=O) groups is 1. The van der Waals surface area contributed by atoms with Gasteiger partial charge in [0.1, 0.15) is 5.78 Å². The Labute approximate surface area is 92.9 Å². The molecule has 0 aromatic carbocycles. The van der Waals surface area contributed by atoms with Crippen LogP contribution < -0.4 is 5.73 Å². The molecule has 0 amide bonds. The van der Waals surface area contributed by atoms with Gasteiger partial charge in [0.2, 0.25) is 0 Å². The first-order valence-corrected chi connectivity index (χ1v) is 6.24. The van der Waals surface area contributed by atoms with Crippen LogP contribution in [0.25, 0.3) is 0 Å². The fourth-order valence-corrected chi connectivity index (χ4v) is 1.95. The van der Waals surface area contributed by atoms with Crippen LogP contribution in [0, 0.1) is 0 Å². The zero-order valence-corrected chi connectivity index (χ0v) is 9.58. The summed E-state index contributed by atoms with van der Waals surface area (Å²) in [7, 11) is 0. The van der Waals surface area contributed by atoms with Gasteiger partial charge in [0.25, 0.3) is 0 Å². The van der Waals surface area contributed by atoms with Crippen molar-refractivity contribution >= 4 is 5.78 Å². The predicted molar refractivity (Wildman–Crippen MR) is 63.7 cm³/mol. The van der Waals surface area contributed by atoms with E-state index in [1.165, 1.54) is 32.1 Å². The molecule has 0 heterocycles. The maximum Gasteiger partial charge on any atom is 0.149 e. The Kier molecular flexibility index (Phi) is 6.33. The molecule has 15 heavy (non-hydrogen) atoms. The van der Waals surface area contributed by atoms with Crippen LogP contribution in [0.4, 0.5) is 0 Å². The molecule has 2 nitrogen and oxygen atoms in total. The molecule has 0 radical (unpaired) electrons. The van der Waals surface area contributed by atoms with Gasteiger partial charge >= 0.3 is 0 Å². The monoisotopic (exact) mass is 209 g/mol. The lowest BCUT2D eigenvalue weighted by atomic mass is 10.0. The summed E-state index contributed by atoms with van der Waals surface area (Å²) in [5.41, 5.74) is 5.80. The van der Waals surface area contributed by atoms with Crippen LogP contribution >= 0.6 is 0 Å². The zero-order chi connectivity index (χ0) is 10.9. The molecule has 0 spiro atoms. The van der Waals surface area contributed by atoms with E-state index in [0.717, 1.165) is 19.3 Å². The Bertz CT molecular complexity index is 211. The molecule has 0 saturated carbocycles. The summed E-state index contributed by atoms with van der Waals surface area (Å²) in [5.74, 6) is 0.235. The summed E-state index contributed by atoms with van der Waals surface area (Å²) in [4.78, 5) is 11.6.